The number of anilines is 1. The van der Waals surface area contributed by atoms with E-state index >= 15 is 0 Å². The third-order valence-corrected chi connectivity index (χ3v) is 4.11. The summed E-state index contributed by atoms with van der Waals surface area (Å²) < 4.78 is 0. The summed E-state index contributed by atoms with van der Waals surface area (Å²) in [6.45, 7) is 5.55. The molecule has 3 N–H and O–H groups in total. The first-order chi connectivity index (χ1) is 9.97. The summed E-state index contributed by atoms with van der Waals surface area (Å²) >= 11 is 0. The molecule has 0 bridgehead atoms. The molecule has 0 spiro atoms. The minimum Gasteiger partial charge on any atom is -0.478 e. The van der Waals surface area contributed by atoms with Crippen molar-refractivity contribution in [1.82, 2.24) is 5.32 Å². The van der Waals surface area contributed by atoms with E-state index in [1.165, 1.54) is 6.07 Å². The molecule has 1 aromatic rings. The molecule has 0 atom stereocenters. The molecule has 0 aliphatic carbocycles. The minimum absolute atomic E-state index is 0.0403. The Kier molecular flexibility index (Phi) is 4.96. The number of amides is 1. The van der Waals surface area contributed by atoms with Crippen LogP contribution in [-0.2, 0) is 4.79 Å². The number of piperidine rings is 1. The van der Waals surface area contributed by atoms with Crippen molar-refractivity contribution in [1.29, 1.82) is 0 Å². The maximum atomic E-state index is 12.1. The van der Waals surface area contributed by atoms with E-state index in [-0.39, 0.29) is 11.5 Å². The van der Waals surface area contributed by atoms with Crippen molar-refractivity contribution in [3.63, 3.8) is 0 Å². The second kappa shape index (κ2) is 6.72. The Morgan fingerprint density at radius 3 is 2.57 bits per heavy atom. The van der Waals surface area contributed by atoms with E-state index in [1.807, 2.05) is 13.0 Å². The van der Waals surface area contributed by atoms with E-state index in [2.05, 4.69) is 10.6 Å². The predicted octanol–water partition coefficient (Wildman–Crippen LogP) is 2.33. The highest BCUT2D eigenvalue weighted by Gasteiger charge is 2.18. The zero-order valence-electron chi connectivity index (χ0n) is 12.5. The Bertz CT molecular complexity index is 549. The lowest BCUT2D eigenvalue weighted by Gasteiger charge is -2.22. The number of hydrogen-bond donors (Lipinski definition) is 3. The van der Waals surface area contributed by atoms with Crippen molar-refractivity contribution >= 4 is 17.6 Å². The van der Waals surface area contributed by atoms with Gasteiger partial charge < -0.3 is 15.7 Å². The smallest absolute Gasteiger partial charge is 0.336 e. The lowest BCUT2D eigenvalue weighted by atomic mass is 9.94. The molecule has 0 saturated carbocycles. The van der Waals surface area contributed by atoms with E-state index in [1.54, 1.807) is 6.92 Å². The number of hydrogen-bond acceptors (Lipinski definition) is 3. The van der Waals surface area contributed by atoms with E-state index in [0.717, 1.165) is 37.1 Å². The van der Waals surface area contributed by atoms with Crippen molar-refractivity contribution in [3.8, 4) is 0 Å². The predicted molar refractivity (Wildman–Crippen MR) is 81.7 cm³/mol. The summed E-state index contributed by atoms with van der Waals surface area (Å²) in [4.78, 5) is 23.3. The van der Waals surface area contributed by atoms with Crippen LogP contribution in [0.25, 0.3) is 0 Å². The molecule has 0 radical (unpaired) electrons. The summed E-state index contributed by atoms with van der Waals surface area (Å²) in [5.74, 6) is -0.594. The first-order valence-electron chi connectivity index (χ1n) is 7.32. The van der Waals surface area contributed by atoms with Gasteiger partial charge in [0.1, 0.15) is 0 Å². The molecule has 1 fully saturated rings. The third kappa shape index (κ3) is 4.04. The van der Waals surface area contributed by atoms with Crippen molar-refractivity contribution in [2.45, 2.75) is 33.1 Å². The minimum atomic E-state index is -0.968. The first-order valence-corrected chi connectivity index (χ1v) is 7.32. The van der Waals surface area contributed by atoms with Crippen LogP contribution in [0.4, 0.5) is 5.69 Å². The Hall–Kier alpha value is -1.88. The van der Waals surface area contributed by atoms with Crippen molar-refractivity contribution < 1.29 is 14.7 Å². The van der Waals surface area contributed by atoms with Crippen molar-refractivity contribution in [2.75, 3.05) is 18.4 Å². The number of benzene rings is 1. The summed E-state index contributed by atoms with van der Waals surface area (Å²) in [5, 5.41) is 15.3. The molecular formula is C16H22N2O3. The van der Waals surface area contributed by atoms with Crippen LogP contribution in [-0.4, -0.2) is 30.1 Å². The molecule has 1 amide bonds. The number of carboxylic acid groups (broad SMARTS) is 1. The average Bonchev–Trinajstić information content (AvgIpc) is 2.43. The fourth-order valence-electron chi connectivity index (χ4n) is 2.71. The molecular weight excluding hydrogens is 268 g/mol. The average molecular weight is 290 g/mol. The number of nitrogens with one attached hydrogen (secondary N) is 2. The highest BCUT2D eigenvalue weighted by Crippen LogP contribution is 2.22. The highest BCUT2D eigenvalue weighted by molar-refractivity contribution is 5.95. The SMILES string of the molecule is Cc1cc(NC(=O)CC2CCNCC2)cc(C(=O)O)c1C. The molecule has 0 aromatic heterocycles. The van der Waals surface area contributed by atoms with Gasteiger partial charge in [-0.1, -0.05) is 0 Å². The summed E-state index contributed by atoms with van der Waals surface area (Å²) in [5.41, 5.74) is 2.41. The number of aryl methyl sites for hydroxylation is 1. The van der Waals surface area contributed by atoms with Gasteiger partial charge >= 0.3 is 5.97 Å². The Balaban J connectivity index is 2.05. The lowest BCUT2D eigenvalue weighted by molar-refractivity contribution is -0.117. The standard InChI is InChI=1S/C16H22N2O3/c1-10-7-13(9-14(11(10)2)16(20)21)18-15(19)8-12-3-5-17-6-4-12/h7,9,12,17H,3-6,8H2,1-2H3,(H,18,19)(H,20,21). The topological polar surface area (TPSA) is 78.4 Å². The van der Waals surface area contributed by atoms with Gasteiger partial charge in [0, 0.05) is 12.1 Å². The molecule has 1 heterocycles. The summed E-state index contributed by atoms with van der Waals surface area (Å²) in [6, 6.07) is 3.35. The van der Waals surface area contributed by atoms with Gasteiger partial charge in [-0.2, -0.15) is 0 Å². The van der Waals surface area contributed by atoms with E-state index in [9.17, 15) is 14.7 Å². The summed E-state index contributed by atoms with van der Waals surface area (Å²) in [7, 11) is 0. The second-order valence-corrected chi connectivity index (χ2v) is 5.72. The Morgan fingerprint density at radius 1 is 1.29 bits per heavy atom. The van der Waals surface area contributed by atoms with Gasteiger partial charge in [-0.15, -0.1) is 0 Å². The van der Waals surface area contributed by atoms with Gasteiger partial charge in [-0.25, -0.2) is 4.79 Å². The summed E-state index contributed by atoms with van der Waals surface area (Å²) in [6.07, 6.45) is 2.53. The number of aromatic carboxylic acids is 1. The second-order valence-electron chi connectivity index (χ2n) is 5.72. The number of carbonyl (C=O) groups is 2. The molecule has 21 heavy (non-hydrogen) atoms. The molecule has 1 aromatic carbocycles. The maximum absolute atomic E-state index is 12.1. The van der Waals surface area contributed by atoms with Gasteiger partial charge in [-0.05, 0) is 69.0 Å². The normalized spacial score (nSPS) is 15.7. The van der Waals surface area contributed by atoms with Gasteiger partial charge in [-0.3, -0.25) is 4.79 Å². The van der Waals surface area contributed by atoms with Crippen molar-refractivity contribution in [3.05, 3.63) is 28.8 Å². The fourth-order valence-corrected chi connectivity index (χ4v) is 2.71. The molecule has 5 heteroatoms. The van der Waals surface area contributed by atoms with Crippen LogP contribution < -0.4 is 10.6 Å². The van der Waals surface area contributed by atoms with Crippen molar-refractivity contribution in [2.24, 2.45) is 5.92 Å². The maximum Gasteiger partial charge on any atom is 0.336 e. The van der Waals surface area contributed by atoms with Gasteiger partial charge in [0.05, 0.1) is 5.56 Å². The van der Waals surface area contributed by atoms with Gasteiger partial charge in [0.25, 0.3) is 0 Å². The zero-order chi connectivity index (χ0) is 15.4. The fraction of sp³-hybridized carbons (Fsp3) is 0.500. The largest absolute Gasteiger partial charge is 0.478 e. The first kappa shape index (κ1) is 15.5. The number of carbonyl (C=O) groups excluding carboxylic acids is 1. The monoisotopic (exact) mass is 290 g/mol. The lowest BCUT2D eigenvalue weighted by Crippen LogP contribution is -2.30. The highest BCUT2D eigenvalue weighted by atomic mass is 16.4. The van der Waals surface area contributed by atoms with Crippen LogP contribution in [0.1, 0.15) is 40.7 Å². The number of carboxylic acids is 1. The van der Waals surface area contributed by atoms with Crippen LogP contribution in [0.3, 0.4) is 0 Å². The van der Waals surface area contributed by atoms with Crippen LogP contribution >= 0.6 is 0 Å². The molecule has 5 nitrogen and oxygen atoms in total. The molecule has 2 rings (SSSR count). The molecule has 1 aliphatic heterocycles. The van der Waals surface area contributed by atoms with Crippen LogP contribution in [0, 0.1) is 19.8 Å². The molecule has 1 saturated heterocycles. The van der Waals surface area contributed by atoms with Crippen LogP contribution in [0.2, 0.25) is 0 Å². The Labute approximate surface area is 124 Å². The van der Waals surface area contributed by atoms with E-state index < -0.39 is 5.97 Å². The van der Waals surface area contributed by atoms with Gasteiger partial charge in [0.15, 0.2) is 0 Å². The van der Waals surface area contributed by atoms with Gasteiger partial charge in [0.2, 0.25) is 5.91 Å². The van der Waals surface area contributed by atoms with E-state index in [4.69, 9.17) is 0 Å². The third-order valence-electron chi connectivity index (χ3n) is 4.11. The molecule has 1 aliphatic rings. The molecule has 114 valence electrons. The van der Waals surface area contributed by atoms with E-state index in [0.29, 0.717) is 18.0 Å². The van der Waals surface area contributed by atoms with Crippen LogP contribution in [0.15, 0.2) is 12.1 Å². The zero-order valence-corrected chi connectivity index (χ0v) is 12.5. The molecule has 0 unspecified atom stereocenters. The quantitative estimate of drug-likeness (QED) is 0.795. The van der Waals surface area contributed by atoms with Crippen LogP contribution in [0.5, 0.6) is 0 Å². The number of rotatable bonds is 4. The Morgan fingerprint density at radius 2 is 1.95 bits per heavy atom.